The largest absolute Gasteiger partial charge is 0.462 e. The van der Waals surface area contributed by atoms with Gasteiger partial charge in [-0.2, -0.15) is 4.98 Å². The smallest absolute Gasteiger partial charge is 0.351 e. The molecule has 1 aromatic carbocycles. The second kappa shape index (κ2) is 11.6. The molecule has 0 spiro atoms. The summed E-state index contributed by atoms with van der Waals surface area (Å²) in [6, 6.07) is 9.49. The van der Waals surface area contributed by atoms with E-state index in [1.165, 1.54) is 12.3 Å². The summed E-state index contributed by atoms with van der Waals surface area (Å²) in [5.74, 6) is 0.0349. The fourth-order valence-electron chi connectivity index (χ4n) is 3.50. The van der Waals surface area contributed by atoms with Crippen LogP contribution in [0.3, 0.4) is 0 Å². The fourth-order valence-corrected chi connectivity index (χ4v) is 6.48. The van der Waals surface area contributed by atoms with Crippen molar-refractivity contribution in [3.05, 3.63) is 53.1 Å². The predicted octanol–water partition coefficient (Wildman–Crippen LogP) is 2.93. The molecule has 0 unspecified atom stereocenters. The van der Waals surface area contributed by atoms with Crippen molar-refractivity contribution >= 4 is 39.1 Å². The van der Waals surface area contributed by atoms with E-state index in [1.807, 2.05) is 6.07 Å². The maximum atomic E-state index is 12.4. The van der Waals surface area contributed by atoms with Gasteiger partial charge in [-0.1, -0.05) is 18.2 Å². The Kier molecular flexibility index (Phi) is 9.22. The summed E-state index contributed by atoms with van der Waals surface area (Å²) in [5.41, 5.74) is 4.90. The molecule has 11 nitrogen and oxygen atoms in total. The van der Waals surface area contributed by atoms with Crippen LogP contribution in [0, 0.1) is 0 Å². The number of hydrogen-bond donors (Lipinski definition) is 3. The Hall–Kier alpha value is -1.97. The molecule has 0 amide bonds. The van der Waals surface area contributed by atoms with Gasteiger partial charge in [0, 0.05) is 6.20 Å². The van der Waals surface area contributed by atoms with Gasteiger partial charge < -0.3 is 29.4 Å². The van der Waals surface area contributed by atoms with E-state index in [0.29, 0.717) is 5.75 Å². The maximum Gasteiger partial charge on any atom is 0.351 e. The minimum Gasteiger partial charge on any atom is -0.462 e. The fraction of sp³-hybridized carbons (Fsp3) is 0.500. The number of ether oxygens (including phenoxy) is 2. The molecule has 14 heteroatoms. The van der Waals surface area contributed by atoms with Gasteiger partial charge in [-0.05, 0) is 54.4 Å². The highest BCUT2D eigenvalue weighted by atomic mass is 35.5. The lowest BCUT2D eigenvalue weighted by atomic mass is 10.0. The summed E-state index contributed by atoms with van der Waals surface area (Å²) in [6.45, 7) is 6.46. The third-order valence-corrected chi connectivity index (χ3v) is 8.45. The Balaban J connectivity index is 1.79. The zero-order valence-corrected chi connectivity index (χ0v) is 23.0. The molecule has 0 bridgehead atoms. The predicted molar refractivity (Wildman–Crippen MR) is 139 cm³/mol. The topological polar surface area (TPSA) is 147 Å². The zero-order chi connectivity index (χ0) is 26.7. The van der Waals surface area contributed by atoms with Crippen molar-refractivity contribution in [2.24, 2.45) is 0 Å². The van der Waals surface area contributed by atoms with Crippen LogP contribution in [0.1, 0.15) is 33.9 Å². The average molecular weight is 561 g/mol. The number of aliphatic hydroxyl groups is 1. The summed E-state index contributed by atoms with van der Waals surface area (Å²) in [6.07, 6.45) is -2.12. The molecule has 0 saturated carbocycles. The first kappa shape index (κ1) is 28.6. The van der Waals surface area contributed by atoms with Crippen molar-refractivity contribution in [1.82, 2.24) is 14.6 Å². The number of aromatic nitrogens is 2. The van der Waals surface area contributed by atoms with E-state index in [0.717, 1.165) is 4.57 Å². The number of esters is 1. The van der Waals surface area contributed by atoms with Gasteiger partial charge in [0.15, 0.2) is 6.23 Å². The lowest BCUT2D eigenvalue weighted by molar-refractivity contribution is -0.149. The number of nitrogens with one attached hydrogen (secondary N) is 1. The second-order valence-electron chi connectivity index (χ2n) is 8.75. The molecule has 36 heavy (non-hydrogen) atoms. The molecular formula is C22H31ClN4O7P2. The number of para-hydroxylation sites is 1. The van der Waals surface area contributed by atoms with Gasteiger partial charge in [-0.25, -0.2) is 9.88 Å². The first-order valence-electron chi connectivity index (χ1n) is 11.2. The standard InChI is InChI=1S/C22H31ClN4O7P2/c1-13(2)32-19(29)14(3)26-36(35,34-15-8-6-5-7-9-15)31-12-16-18(28)22(4,23)20(33-16)27-11-10-17(24)25-21(27)30/h5-11,13-14,16,18,20,26,28,35H,12H2,1-4H3,(H2,24,25,30)/t14-,16-,18-,20-,22-,36+/m1/s1. The van der Waals surface area contributed by atoms with Gasteiger partial charge in [0.05, 0.1) is 12.7 Å². The summed E-state index contributed by atoms with van der Waals surface area (Å²) in [5, 5.41) is 13.9. The highest BCUT2D eigenvalue weighted by Gasteiger charge is 2.53. The number of alkyl halides is 1. The van der Waals surface area contributed by atoms with Gasteiger partial charge in [0.1, 0.15) is 34.7 Å². The van der Waals surface area contributed by atoms with Crippen LogP contribution in [0.2, 0.25) is 0 Å². The van der Waals surface area contributed by atoms with Gasteiger partial charge in [0.25, 0.3) is 7.15 Å². The average Bonchev–Trinajstić information content (AvgIpc) is 3.01. The van der Waals surface area contributed by atoms with Crippen LogP contribution in [-0.4, -0.2) is 56.5 Å². The molecule has 6 atom stereocenters. The SMILES string of the molecule is CC(C)OC(=O)[C@@H](C)N[P@](=P)(OC[C@H]1O[C@@H](n2ccc(N)nc2=O)[C@](C)(Cl)[C@@H]1O)Oc1ccccc1. The van der Waals surface area contributed by atoms with Gasteiger partial charge in [0.2, 0.25) is 0 Å². The van der Waals surface area contributed by atoms with Gasteiger partial charge >= 0.3 is 11.7 Å². The van der Waals surface area contributed by atoms with Crippen LogP contribution in [0.25, 0.3) is 0 Å². The number of hydrogen-bond acceptors (Lipinski definition) is 9. The highest BCUT2D eigenvalue weighted by Crippen LogP contribution is 2.52. The zero-order valence-electron chi connectivity index (χ0n) is 20.3. The van der Waals surface area contributed by atoms with Gasteiger partial charge in [-0.3, -0.25) is 9.36 Å². The number of rotatable bonds is 10. The van der Waals surface area contributed by atoms with Crippen molar-refractivity contribution in [2.75, 3.05) is 12.3 Å². The second-order valence-corrected chi connectivity index (χ2v) is 13.1. The van der Waals surface area contributed by atoms with Crippen LogP contribution in [0.15, 0.2) is 47.4 Å². The third-order valence-electron chi connectivity index (χ3n) is 5.29. The number of nitrogens with two attached hydrogens (primary N) is 1. The summed E-state index contributed by atoms with van der Waals surface area (Å²) < 4.78 is 24.5. The molecule has 1 fully saturated rings. The summed E-state index contributed by atoms with van der Waals surface area (Å²) >= 11 is 6.62. The van der Waals surface area contributed by atoms with Crippen LogP contribution < -0.4 is 21.0 Å². The highest BCUT2D eigenvalue weighted by molar-refractivity contribution is 7.91. The molecular weight excluding hydrogens is 530 g/mol. The van der Waals surface area contributed by atoms with Crippen LogP contribution in [0.5, 0.6) is 5.75 Å². The molecule has 0 aliphatic carbocycles. The molecule has 1 aliphatic rings. The van der Waals surface area contributed by atoms with Crippen LogP contribution in [-0.2, 0) is 18.8 Å². The minimum absolute atomic E-state index is 0.0498. The number of benzene rings is 1. The number of aliphatic hydroxyl groups excluding tert-OH is 1. The first-order chi connectivity index (χ1) is 16.8. The van der Waals surface area contributed by atoms with Crippen LogP contribution in [0.4, 0.5) is 5.82 Å². The molecule has 2 aromatic rings. The number of carbonyl (C=O) groups is 1. The van der Waals surface area contributed by atoms with Crippen LogP contribution >= 0.6 is 27.3 Å². The summed E-state index contributed by atoms with van der Waals surface area (Å²) in [7, 11) is 0.408. The van der Waals surface area contributed by atoms with E-state index < -0.39 is 48.2 Å². The van der Waals surface area contributed by atoms with E-state index in [2.05, 4.69) is 18.6 Å². The van der Waals surface area contributed by atoms with E-state index in [-0.39, 0.29) is 18.5 Å². The van der Waals surface area contributed by atoms with Gasteiger partial charge in [-0.15, -0.1) is 11.6 Å². The lowest BCUT2D eigenvalue weighted by Crippen LogP contribution is -2.42. The summed E-state index contributed by atoms with van der Waals surface area (Å²) in [4.78, 5) is 27.1. The molecule has 3 rings (SSSR count). The Labute approximate surface area is 216 Å². The number of halogens is 1. The Bertz CT molecular complexity index is 1160. The number of anilines is 1. The van der Waals surface area contributed by atoms with E-state index in [1.54, 1.807) is 52.0 Å². The molecule has 0 radical (unpaired) electrons. The number of carbonyl (C=O) groups excluding carboxylic acids is 1. The quantitative estimate of drug-likeness (QED) is 0.225. The molecule has 1 aromatic heterocycles. The molecule has 198 valence electrons. The monoisotopic (exact) mass is 560 g/mol. The third kappa shape index (κ3) is 6.86. The Morgan fingerprint density at radius 2 is 2.03 bits per heavy atom. The Morgan fingerprint density at radius 1 is 1.36 bits per heavy atom. The van der Waals surface area contributed by atoms with Crippen molar-refractivity contribution < 1.29 is 28.4 Å². The van der Waals surface area contributed by atoms with E-state index in [4.69, 9.17) is 35.9 Å². The molecule has 4 N–H and O–H groups in total. The minimum atomic E-state index is -3.15. The van der Waals surface area contributed by atoms with Crippen molar-refractivity contribution in [3.63, 3.8) is 0 Å². The van der Waals surface area contributed by atoms with Crippen molar-refractivity contribution in [3.8, 4) is 5.75 Å². The van der Waals surface area contributed by atoms with Crippen molar-refractivity contribution in [2.45, 2.75) is 63.2 Å². The number of nitrogen functional groups attached to an aromatic ring is 1. The normalized spacial score (nSPS) is 26.4. The maximum absolute atomic E-state index is 12.4. The molecule has 1 aliphatic heterocycles. The van der Waals surface area contributed by atoms with Crippen molar-refractivity contribution in [1.29, 1.82) is 0 Å². The lowest BCUT2D eigenvalue weighted by Gasteiger charge is -2.29. The number of nitrogens with zero attached hydrogens (tertiary/aromatic N) is 2. The van der Waals surface area contributed by atoms with E-state index in [9.17, 15) is 14.7 Å². The molecule has 2 heterocycles. The Morgan fingerprint density at radius 3 is 2.64 bits per heavy atom. The van der Waals surface area contributed by atoms with E-state index >= 15 is 0 Å². The molecule has 1 saturated heterocycles. The first-order valence-corrected chi connectivity index (χ1v) is 14.6.